The van der Waals surface area contributed by atoms with Crippen molar-refractivity contribution in [3.05, 3.63) is 35.9 Å². The number of nitrogens with one attached hydrogen (secondary N) is 2. The fraction of sp³-hybridized carbons (Fsp3) is 0.708. The molecule has 1 aliphatic heterocycles. The molecule has 1 heterocycles. The Morgan fingerprint density at radius 1 is 1.20 bits per heavy atom. The molecule has 1 aromatic carbocycles. The number of likely N-dealkylation sites (N-methyl/N-ethyl adjacent to an activating group) is 1. The topological polar surface area (TPSA) is 58.1 Å². The average Bonchev–Trinajstić information content (AvgIpc) is 3.29. The number of ether oxygens (including phenoxy) is 2. The molecule has 0 bridgehead atoms. The number of hydrogen-bond donors (Lipinski definition) is 2. The minimum absolute atomic E-state index is 0.398. The van der Waals surface area contributed by atoms with Gasteiger partial charge in [-0.1, -0.05) is 44.2 Å². The fourth-order valence-electron chi connectivity index (χ4n) is 3.82. The molecule has 1 aliphatic rings. The summed E-state index contributed by atoms with van der Waals surface area (Å²) in [4.78, 5) is 7.40. The molecule has 6 heteroatoms. The standard InChI is InChI=1S/C24H42N4O2/c1-4-25-24(26-14-10-15-29-19-22-13-16-30-20-22)27-18-23(28(5-2)6-3)17-21-11-8-7-9-12-21/h7-9,11-12,22-23H,4-6,10,13-20H2,1-3H3,(H2,25,26,27). The first-order chi connectivity index (χ1) is 14.8. The minimum atomic E-state index is 0.398. The van der Waals surface area contributed by atoms with Crippen molar-refractivity contribution >= 4 is 5.96 Å². The van der Waals surface area contributed by atoms with Crippen LogP contribution in [-0.2, 0) is 15.9 Å². The maximum absolute atomic E-state index is 5.80. The zero-order chi connectivity index (χ0) is 21.4. The zero-order valence-corrected chi connectivity index (χ0v) is 19.2. The molecule has 1 aromatic rings. The van der Waals surface area contributed by atoms with E-state index in [1.165, 1.54) is 5.56 Å². The van der Waals surface area contributed by atoms with E-state index in [9.17, 15) is 0 Å². The highest BCUT2D eigenvalue weighted by Crippen LogP contribution is 2.12. The minimum Gasteiger partial charge on any atom is -0.381 e. The van der Waals surface area contributed by atoms with Gasteiger partial charge < -0.3 is 20.1 Å². The van der Waals surface area contributed by atoms with E-state index >= 15 is 0 Å². The van der Waals surface area contributed by atoms with Crippen molar-refractivity contribution in [2.24, 2.45) is 10.9 Å². The van der Waals surface area contributed by atoms with Gasteiger partial charge in [-0.05, 0) is 44.8 Å². The summed E-state index contributed by atoms with van der Waals surface area (Å²) in [7, 11) is 0. The van der Waals surface area contributed by atoms with E-state index in [0.29, 0.717) is 12.0 Å². The van der Waals surface area contributed by atoms with Crippen molar-refractivity contribution < 1.29 is 9.47 Å². The van der Waals surface area contributed by atoms with Crippen LogP contribution in [0.5, 0.6) is 0 Å². The molecule has 2 atom stereocenters. The van der Waals surface area contributed by atoms with Gasteiger partial charge in [0.25, 0.3) is 0 Å². The fourth-order valence-corrected chi connectivity index (χ4v) is 3.82. The maximum Gasteiger partial charge on any atom is 0.191 e. The van der Waals surface area contributed by atoms with Gasteiger partial charge in [0.15, 0.2) is 5.96 Å². The predicted molar refractivity (Wildman–Crippen MR) is 125 cm³/mol. The largest absolute Gasteiger partial charge is 0.381 e. The first-order valence-corrected chi connectivity index (χ1v) is 11.7. The predicted octanol–water partition coefficient (Wildman–Crippen LogP) is 2.94. The monoisotopic (exact) mass is 418 g/mol. The molecule has 2 unspecified atom stereocenters. The Bertz CT molecular complexity index is 572. The molecule has 0 aromatic heterocycles. The van der Waals surface area contributed by atoms with Gasteiger partial charge in [0.05, 0.1) is 19.8 Å². The molecule has 0 aliphatic carbocycles. The van der Waals surface area contributed by atoms with Crippen LogP contribution in [0.4, 0.5) is 0 Å². The molecule has 6 nitrogen and oxygen atoms in total. The summed E-state index contributed by atoms with van der Waals surface area (Å²) in [6.45, 7) is 14.5. The molecule has 170 valence electrons. The third-order valence-electron chi connectivity index (χ3n) is 5.58. The van der Waals surface area contributed by atoms with Gasteiger partial charge in [0.1, 0.15) is 0 Å². The third kappa shape index (κ3) is 9.45. The van der Waals surface area contributed by atoms with Crippen molar-refractivity contribution in [2.75, 3.05) is 59.2 Å². The Kier molecular flexibility index (Phi) is 12.5. The van der Waals surface area contributed by atoms with E-state index in [1.54, 1.807) is 0 Å². The van der Waals surface area contributed by atoms with Gasteiger partial charge in [-0.15, -0.1) is 0 Å². The third-order valence-corrected chi connectivity index (χ3v) is 5.58. The number of nitrogens with zero attached hydrogens (tertiary/aromatic N) is 2. The van der Waals surface area contributed by atoms with E-state index < -0.39 is 0 Å². The lowest BCUT2D eigenvalue weighted by atomic mass is 10.0. The Labute approximate surface area is 183 Å². The maximum atomic E-state index is 5.80. The van der Waals surface area contributed by atoms with Gasteiger partial charge in [-0.2, -0.15) is 0 Å². The second-order valence-electron chi connectivity index (χ2n) is 7.87. The normalized spacial score (nSPS) is 18.0. The van der Waals surface area contributed by atoms with Gasteiger partial charge in [0, 0.05) is 38.3 Å². The van der Waals surface area contributed by atoms with Crippen LogP contribution in [0.1, 0.15) is 39.2 Å². The van der Waals surface area contributed by atoms with E-state index in [4.69, 9.17) is 14.5 Å². The summed E-state index contributed by atoms with van der Waals surface area (Å²) < 4.78 is 11.2. The SMILES string of the molecule is CCNC(=NCC(Cc1ccccc1)N(CC)CC)NCCCOCC1CCOC1. The molecule has 1 saturated heterocycles. The van der Waals surface area contributed by atoms with E-state index in [2.05, 4.69) is 66.6 Å². The van der Waals surface area contributed by atoms with Crippen LogP contribution in [0.15, 0.2) is 35.3 Å². The van der Waals surface area contributed by atoms with Crippen LogP contribution >= 0.6 is 0 Å². The van der Waals surface area contributed by atoms with Gasteiger partial charge in [0.2, 0.25) is 0 Å². The lowest BCUT2D eigenvalue weighted by molar-refractivity contribution is 0.0888. The second kappa shape index (κ2) is 15.2. The van der Waals surface area contributed by atoms with Crippen LogP contribution in [-0.4, -0.2) is 76.1 Å². The number of guanidine groups is 1. The van der Waals surface area contributed by atoms with Gasteiger partial charge in [-0.25, -0.2) is 0 Å². The van der Waals surface area contributed by atoms with Gasteiger partial charge >= 0.3 is 0 Å². The van der Waals surface area contributed by atoms with Crippen LogP contribution in [0.2, 0.25) is 0 Å². The van der Waals surface area contributed by atoms with Gasteiger partial charge in [-0.3, -0.25) is 9.89 Å². The summed E-state index contributed by atoms with van der Waals surface area (Å²) in [5, 5.41) is 6.83. The molecule has 0 saturated carbocycles. The molecular formula is C24H42N4O2. The Morgan fingerprint density at radius 2 is 2.00 bits per heavy atom. The van der Waals surface area contributed by atoms with E-state index in [-0.39, 0.29) is 0 Å². The van der Waals surface area contributed by atoms with Crippen LogP contribution < -0.4 is 10.6 Å². The molecule has 2 rings (SSSR count). The molecule has 0 amide bonds. The van der Waals surface area contributed by atoms with Crippen molar-refractivity contribution in [3.63, 3.8) is 0 Å². The van der Waals surface area contributed by atoms with Crippen molar-refractivity contribution in [2.45, 2.75) is 46.1 Å². The first kappa shape index (κ1) is 24.6. The highest BCUT2D eigenvalue weighted by Gasteiger charge is 2.17. The van der Waals surface area contributed by atoms with Crippen LogP contribution in [0.3, 0.4) is 0 Å². The summed E-state index contributed by atoms with van der Waals surface area (Å²) >= 11 is 0. The highest BCUT2D eigenvalue weighted by molar-refractivity contribution is 5.79. The molecular weight excluding hydrogens is 376 g/mol. The van der Waals surface area contributed by atoms with Crippen LogP contribution in [0.25, 0.3) is 0 Å². The average molecular weight is 419 g/mol. The summed E-state index contributed by atoms with van der Waals surface area (Å²) in [6.07, 6.45) is 3.12. The lowest BCUT2D eigenvalue weighted by Crippen LogP contribution is -2.42. The van der Waals surface area contributed by atoms with Crippen molar-refractivity contribution in [3.8, 4) is 0 Å². The molecule has 2 N–H and O–H groups in total. The Hall–Kier alpha value is -1.63. The van der Waals surface area contributed by atoms with E-state index in [0.717, 1.165) is 84.4 Å². The summed E-state index contributed by atoms with van der Waals surface area (Å²) in [6, 6.07) is 11.1. The number of rotatable bonds is 14. The lowest BCUT2D eigenvalue weighted by Gasteiger charge is -2.29. The van der Waals surface area contributed by atoms with E-state index in [1.807, 2.05) is 0 Å². The summed E-state index contributed by atoms with van der Waals surface area (Å²) in [5.74, 6) is 1.48. The molecule has 0 spiro atoms. The van der Waals surface area contributed by atoms with Crippen molar-refractivity contribution in [1.82, 2.24) is 15.5 Å². The molecule has 1 fully saturated rings. The number of hydrogen-bond acceptors (Lipinski definition) is 4. The summed E-state index contributed by atoms with van der Waals surface area (Å²) in [5.41, 5.74) is 1.37. The Balaban J connectivity index is 1.79. The number of benzene rings is 1. The quantitative estimate of drug-likeness (QED) is 0.276. The van der Waals surface area contributed by atoms with Crippen LogP contribution in [0, 0.1) is 5.92 Å². The highest BCUT2D eigenvalue weighted by atomic mass is 16.5. The second-order valence-corrected chi connectivity index (χ2v) is 7.87. The smallest absolute Gasteiger partial charge is 0.191 e. The molecule has 30 heavy (non-hydrogen) atoms. The van der Waals surface area contributed by atoms with Crippen molar-refractivity contribution in [1.29, 1.82) is 0 Å². The Morgan fingerprint density at radius 3 is 2.67 bits per heavy atom. The molecule has 0 radical (unpaired) electrons. The first-order valence-electron chi connectivity index (χ1n) is 11.7. The number of aliphatic imine (C=N–C) groups is 1. The zero-order valence-electron chi connectivity index (χ0n) is 19.2.